The van der Waals surface area contributed by atoms with Crippen molar-refractivity contribution in [1.29, 1.82) is 0 Å². The van der Waals surface area contributed by atoms with E-state index in [9.17, 15) is 37.2 Å². The summed E-state index contributed by atoms with van der Waals surface area (Å²) in [7, 11) is -3.30. The third-order valence-corrected chi connectivity index (χ3v) is 13.3. The highest BCUT2D eigenvalue weighted by Crippen LogP contribution is 2.32. The van der Waals surface area contributed by atoms with Gasteiger partial charge in [-0.15, -0.1) is 6.58 Å². The van der Waals surface area contributed by atoms with E-state index in [4.69, 9.17) is 4.74 Å². The Balaban J connectivity index is 1.59. The SMILES string of the molecule is C=CCNC(=O)C(=O)C(CC1CCC1)NC(=O)C1C[C@H](OC(=O)N2CCc3ccccc3C2)CN1C(=O)C(NC(=O)N[C@H](C/C=C/C(C)S(C)(=O)=O)C(C)(C)C)C(C)(C)C. The molecule has 0 radical (unpaired) electrons. The molecular weight excluding hydrogens is 789 g/mol. The fourth-order valence-corrected chi connectivity index (χ4v) is 7.94. The molecule has 4 N–H and O–H groups in total. The number of nitrogens with zero attached hydrogens (tertiary/aromatic N) is 2. The molecule has 0 spiro atoms. The molecule has 60 heavy (non-hydrogen) atoms. The molecule has 1 aromatic rings. The summed E-state index contributed by atoms with van der Waals surface area (Å²) in [6.07, 6.45) is 8.26. The van der Waals surface area contributed by atoms with Crippen LogP contribution in [-0.2, 0) is 46.7 Å². The molecule has 0 aromatic heterocycles. The van der Waals surface area contributed by atoms with Crippen LogP contribution in [-0.4, -0.2) is 115 Å². The maximum absolute atomic E-state index is 14.8. The second kappa shape index (κ2) is 20.2. The predicted octanol–water partition coefficient (Wildman–Crippen LogP) is 4.21. The first-order valence-corrected chi connectivity index (χ1v) is 22.9. The number of rotatable bonds is 16. The summed E-state index contributed by atoms with van der Waals surface area (Å²) < 4.78 is 29.9. The molecule has 4 unspecified atom stereocenters. The molecule has 6 atom stereocenters. The zero-order valence-electron chi connectivity index (χ0n) is 36.5. The fourth-order valence-electron chi connectivity index (χ4n) is 7.54. The summed E-state index contributed by atoms with van der Waals surface area (Å²) in [5.74, 6) is -2.79. The first-order valence-electron chi connectivity index (χ1n) is 21.0. The zero-order valence-corrected chi connectivity index (χ0v) is 37.4. The number of carbonyl (C=O) groups excluding carboxylic acids is 6. The minimum atomic E-state index is -3.30. The Labute approximate surface area is 355 Å². The largest absolute Gasteiger partial charge is 0.444 e. The molecule has 1 aliphatic carbocycles. The number of urea groups is 1. The third-order valence-electron chi connectivity index (χ3n) is 11.8. The number of likely N-dealkylation sites (tertiary alicyclic amines) is 1. The summed E-state index contributed by atoms with van der Waals surface area (Å²) in [5.41, 5.74) is 0.820. The van der Waals surface area contributed by atoms with Gasteiger partial charge in [0.2, 0.25) is 17.6 Å². The molecule has 332 valence electrons. The smallest absolute Gasteiger partial charge is 0.410 e. The van der Waals surface area contributed by atoms with Gasteiger partial charge in [-0.05, 0) is 54.1 Å². The van der Waals surface area contributed by atoms with E-state index < -0.39 is 91.8 Å². The van der Waals surface area contributed by atoms with E-state index in [-0.39, 0.29) is 31.8 Å². The van der Waals surface area contributed by atoms with Crippen LogP contribution in [0, 0.1) is 16.7 Å². The number of benzene rings is 1. The summed E-state index contributed by atoms with van der Waals surface area (Å²) in [6.45, 7) is 17.0. The lowest BCUT2D eigenvalue weighted by molar-refractivity contribution is -0.144. The van der Waals surface area contributed by atoms with Gasteiger partial charge in [0.1, 0.15) is 18.2 Å². The Morgan fingerprint density at radius 2 is 1.63 bits per heavy atom. The Kier molecular flexibility index (Phi) is 16.2. The highest BCUT2D eigenvalue weighted by atomic mass is 32.2. The lowest BCUT2D eigenvalue weighted by Crippen LogP contribution is -2.61. The van der Waals surface area contributed by atoms with Crippen molar-refractivity contribution in [3.63, 3.8) is 0 Å². The molecule has 3 aliphatic rings. The minimum Gasteiger partial charge on any atom is -0.444 e. The number of carbonyl (C=O) groups is 6. The number of hydrogen-bond acceptors (Lipinski definition) is 9. The molecule has 16 heteroatoms. The minimum absolute atomic E-state index is 0.0690. The van der Waals surface area contributed by atoms with Crippen LogP contribution in [0.25, 0.3) is 0 Å². The Morgan fingerprint density at radius 3 is 2.22 bits per heavy atom. The van der Waals surface area contributed by atoms with Gasteiger partial charge in [0, 0.05) is 38.4 Å². The van der Waals surface area contributed by atoms with Crippen molar-refractivity contribution in [3.8, 4) is 0 Å². The van der Waals surface area contributed by atoms with E-state index in [1.54, 1.807) is 44.7 Å². The van der Waals surface area contributed by atoms with Crippen LogP contribution < -0.4 is 21.3 Å². The predicted molar refractivity (Wildman–Crippen MR) is 229 cm³/mol. The lowest BCUT2D eigenvalue weighted by Gasteiger charge is -2.37. The molecule has 1 saturated heterocycles. The van der Waals surface area contributed by atoms with Crippen LogP contribution in [0.5, 0.6) is 0 Å². The first-order chi connectivity index (χ1) is 28.0. The van der Waals surface area contributed by atoms with Gasteiger partial charge in [0.05, 0.1) is 17.8 Å². The quantitative estimate of drug-likeness (QED) is 0.139. The van der Waals surface area contributed by atoms with Crippen LogP contribution in [0.15, 0.2) is 49.1 Å². The standard InChI is InChI=1S/C44H66N6O9S/c1-10-22-45-39(53)36(51)33(24-29-16-14-17-29)46-38(52)34-25-32(59-42(56)49-23-21-30-18-11-12-19-31(30)26-49)27-50(34)40(54)37(44(6,7)8)48-41(55)47-35(43(3,4)5)20-13-15-28(2)60(9,57)58/h10-13,15,18-19,28-29,32-35,37H,1,14,16-17,20-27H2,2-9H3,(H,45,53)(H,46,52)(H2,47,48,55)/b15-13+/t28?,32-,33?,34?,35+,37?/m0/s1. The topological polar surface area (TPSA) is 200 Å². The normalized spacial score (nSPS) is 20.5. The summed E-state index contributed by atoms with van der Waals surface area (Å²) in [6, 6.07) is 3.23. The Morgan fingerprint density at radius 1 is 0.967 bits per heavy atom. The van der Waals surface area contributed by atoms with Gasteiger partial charge in [-0.25, -0.2) is 18.0 Å². The van der Waals surface area contributed by atoms with Crippen LogP contribution >= 0.6 is 0 Å². The van der Waals surface area contributed by atoms with Gasteiger partial charge in [-0.1, -0.05) is 103 Å². The monoisotopic (exact) mass is 854 g/mol. The number of ether oxygens (including phenoxy) is 1. The van der Waals surface area contributed by atoms with Crippen molar-refractivity contribution in [2.45, 2.75) is 135 Å². The average Bonchev–Trinajstić information content (AvgIpc) is 3.58. The first kappa shape index (κ1) is 47.9. The maximum Gasteiger partial charge on any atom is 0.410 e. The van der Waals surface area contributed by atoms with Crippen molar-refractivity contribution in [3.05, 3.63) is 60.2 Å². The van der Waals surface area contributed by atoms with Gasteiger partial charge >= 0.3 is 12.1 Å². The lowest BCUT2D eigenvalue weighted by atomic mass is 9.80. The van der Waals surface area contributed by atoms with Crippen LogP contribution in [0.2, 0.25) is 0 Å². The molecular formula is C44H66N6O9S. The van der Waals surface area contributed by atoms with E-state index in [2.05, 4.69) is 27.8 Å². The van der Waals surface area contributed by atoms with Gasteiger partial charge in [0.25, 0.3) is 5.91 Å². The van der Waals surface area contributed by atoms with Crippen LogP contribution in [0.1, 0.15) is 98.1 Å². The second-order valence-electron chi connectivity index (χ2n) is 18.7. The number of nitrogens with one attached hydrogen (secondary N) is 4. The van der Waals surface area contributed by atoms with Crippen molar-refractivity contribution in [2.75, 3.05) is 25.9 Å². The fraction of sp³-hybridized carbons (Fsp3) is 0.636. The molecule has 2 fully saturated rings. The number of hydrogen-bond donors (Lipinski definition) is 4. The highest BCUT2D eigenvalue weighted by molar-refractivity contribution is 7.91. The van der Waals surface area contributed by atoms with E-state index >= 15 is 0 Å². The van der Waals surface area contributed by atoms with Gasteiger partial charge < -0.3 is 35.8 Å². The maximum atomic E-state index is 14.8. The number of amides is 6. The van der Waals surface area contributed by atoms with Crippen molar-refractivity contribution >= 4 is 45.5 Å². The molecule has 2 aliphatic heterocycles. The zero-order chi connectivity index (χ0) is 44.6. The highest BCUT2D eigenvalue weighted by Gasteiger charge is 2.47. The summed E-state index contributed by atoms with van der Waals surface area (Å²) >= 11 is 0. The molecule has 1 saturated carbocycles. The van der Waals surface area contributed by atoms with Crippen molar-refractivity contribution in [2.24, 2.45) is 16.7 Å². The van der Waals surface area contributed by atoms with Crippen LogP contribution in [0.3, 0.4) is 0 Å². The molecule has 4 rings (SSSR count). The number of ketones is 1. The van der Waals surface area contributed by atoms with Crippen molar-refractivity contribution < 1.29 is 41.9 Å². The van der Waals surface area contributed by atoms with E-state index in [1.165, 1.54) is 11.0 Å². The van der Waals surface area contributed by atoms with Gasteiger partial charge in [0.15, 0.2) is 9.84 Å². The Bertz CT molecular complexity index is 1900. The van der Waals surface area contributed by atoms with Crippen molar-refractivity contribution in [1.82, 2.24) is 31.1 Å². The van der Waals surface area contributed by atoms with Gasteiger partial charge in [-0.3, -0.25) is 19.2 Å². The Hall–Kier alpha value is -4.73. The van der Waals surface area contributed by atoms with E-state index in [0.717, 1.165) is 36.6 Å². The molecule has 1 aromatic carbocycles. The average molecular weight is 855 g/mol. The number of fused-ring (bicyclic) bond motifs is 1. The third kappa shape index (κ3) is 13.1. The molecule has 2 heterocycles. The summed E-state index contributed by atoms with van der Waals surface area (Å²) in [4.78, 5) is 85.6. The number of sulfone groups is 1. The second-order valence-corrected chi connectivity index (χ2v) is 21.1. The molecule has 6 amide bonds. The van der Waals surface area contributed by atoms with Crippen LogP contribution in [0.4, 0.5) is 9.59 Å². The summed E-state index contributed by atoms with van der Waals surface area (Å²) in [5, 5.41) is 10.4. The molecule has 15 nitrogen and oxygen atoms in total. The van der Waals surface area contributed by atoms with Gasteiger partial charge in [-0.2, -0.15) is 0 Å². The number of Topliss-reactive ketones (excluding diaryl/α,β-unsaturated/α-hetero) is 1. The van der Waals surface area contributed by atoms with E-state index in [0.29, 0.717) is 25.9 Å². The van der Waals surface area contributed by atoms with E-state index in [1.807, 2.05) is 45.0 Å². The molecule has 0 bridgehead atoms.